The van der Waals surface area contributed by atoms with Crippen LogP contribution < -0.4 is 4.74 Å². The molecular weight excluding hydrogens is 237 g/mol. The van der Waals surface area contributed by atoms with Gasteiger partial charge in [-0.25, -0.2) is 9.18 Å². The Morgan fingerprint density at radius 2 is 2.17 bits per heavy atom. The van der Waals surface area contributed by atoms with E-state index in [2.05, 4.69) is 4.98 Å². The van der Waals surface area contributed by atoms with Crippen molar-refractivity contribution in [1.29, 1.82) is 0 Å². The lowest BCUT2D eigenvalue weighted by Crippen LogP contribution is -2.01. The Balaban J connectivity index is 2.58. The van der Waals surface area contributed by atoms with E-state index in [4.69, 9.17) is 9.84 Å². The van der Waals surface area contributed by atoms with E-state index in [1.165, 1.54) is 19.2 Å². The summed E-state index contributed by atoms with van der Waals surface area (Å²) in [6.45, 7) is 0. The quantitative estimate of drug-likeness (QED) is 0.905. The second-order valence-electron chi connectivity index (χ2n) is 3.55. The molecule has 2 rings (SSSR count). The van der Waals surface area contributed by atoms with E-state index in [-0.39, 0.29) is 5.56 Å². The van der Waals surface area contributed by atoms with Gasteiger partial charge in [0.25, 0.3) is 0 Å². The molecule has 1 aromatic carbocycles. The number of carbonyl (C=O) groups is 1. The molecule has 0 aliphatic carbocycles. The van der Waals surface area contributed by atoms with E-state index < -0.39 is 11.8 Å². The molecule has 0 bridgehead atoms. The molecule has 92 valence electrons. The monoisotopic (exact) mass is 247 g/mol. The molecule has 0 amide bonds. The Morgan fingerprint density at radius 3 is 2.83 bits per heavy atom. The van der Waals surface area contributed by atoms with Crippen LogP contribution in [-0.2, 0) is 0 Å². The summed E-state index contributed by atoms with van der Waals surface area (Å²) in [5.41, 5.74) is 0.578. The number of pyridine rings is 1. The van der Waals surface area contributed by atoms with Gasteiger partial charge < -0.3 is 9.84 Å². The first-order chi connectivity index (χ1) is 8.63. The molecule has 0 atom stereocenters. The molecule has 18 heavy (non-hydrogen) atoms. The summed E-state index contributed by atoms with van der Waals surface area (Å²) in [5, 5.41) is 8.87. The predicted octanol–water partition coefficient (Wildman–Crippen LogP) is 2.59. The lowest BCUT2D eigenvalue weighted by molar-refractivity contribution is 0.0692. The molecule has 4 nitrogen and oxygen atoms in total. The second kappa shape index (κ2) is 4.83. The van der Waals surface area contributed by atoms with Crippen molar-refractivity contribution in [3.8, 4) is 17.0 Å². The first-order valence-corrected chi connectivity index (χ1v) is 5.15. The Bertz CT molecular complexity index is 599. The van der Waals surface area contributed by atoms with Crippen LogP contribution in [0.5, 0.6) is 5.75 Å². The molecule has 0 spiro atoms. The maximum absolute atomic E-state index is 13.3. The number of carboxylic acids is 1. The zero-order chi connectivity index (χ0) is 13.1. The van der Waals surface area contributed by atoms with Gasteiger partial charge in [0.15, 0.2) is 0 Å². The van der Waals surface area contributed by atoms with Gasteiger partial charge in [-0.2, -0.15) is 0 Å². The summed E-state index contributed by atoms with van der Waals surface area (Å²) in [6, 6.07) is 7.21. The second-order valence-corrected chi connectivity index (χ2v) is 3.55. The van der Waals surface area contributed by atoms with Crippen LogP contribution in [0.15, 0.2) is 36.5 Å². The molecule has 5 heteroatoms. The van der Waals surface area contributed by atoms with Crippen LogP contribution in [0.25, 0.3) is 11.3 Å². The molecule has 0 fully saturated rings. The first kappa shape index (κ1) is 12.0. The maximum Gasteiger partial charge on any atom is 0.338 e. The minimum absolute atomic E-state index is 0.389. The Morgan fingerprint density at radius 1 is 1.39 bits per heavy atom. The van der Waals surface area contributed by atoms with Crippen molar-refractivity contribution in [3.63, 3.8) is 0 Å². The lowest BCUT2D eigenvalue weighted by atomic mass is 10.1. The van der Waals surface area contributed by atoms with Crippen LogP contribution in [0, 0.1) is 5.82 Å². The minimum Gasteiger partial charge on any atom is -0.494 e. The summed E-state index contributed by atoms with van der Waals surface area (Å²) in [4.78, 5) is 15.0. The van der Waals surface area contributed by atoms with Crippen molar-refractivity contribution in [2.75, 3.05) is 7.11 Å². The summed E-state index contributed by atoms with van der Waals surface area (Å²) in [7, 11) is 1.49. The number of aromatic carboxylic acids is 1. The number of ether oxygens (including phenoxy) is 1. The maximum atomic E-state index is 13.3. The first-order valence-electron chi connectivity index (χ1n) is 5.15. The van der Waals surface area contributed by atoms with Gasteiger partial charge in [-0.1, -0.05) is 0 Å². The van der Waals surface area contributed by atoms with E-state index >= 15 is 0 Å². The van der Waals surface area contributed by atoms with Crippen molar-refractivity contribution >= 4 is 5.97 Å². The fourth-order valence-corrected chi connectivity index (χ4v) is 1.61. The molecule has 1 aromatic heterocycles. The fourth-order valence-electron chi connectivity index (χ4n) is 1.61. The topological polar surface area (TPSA) is 59.4 Å². The average Bonchev–Trinajstić information content (AvgIpc) is 2.39. The van der Waals surface area contributed by atoms with Crippen LogP contribution in [0.2, 0.25) is 0 Å². The van der Waals surface area contributed by atoms with Crippen molar-refractivity contribution in [3.05, 3.63) is 47.9 Å². The lowest BCUT2D eigenvalue weighted by Gasteiger charge is -2.08. The number of rotatable bonds is 3. The van der Waals surface area contributed by atoms with E-state index in [1.807, 2.05) is 0 Å². The van der Waals surface area contributed by atoms with Gasteiger partial charge in [0.05, 0.1) is 12.7 Å². The molecule has 1 heterocycles. The van der Waals surface area contributed by atoms with Crippen molar-refractivity contribution in [1.82, 2.24) is 4.98 Å². The summed E-state index contributed by atoms with van der Waals surface area (Å²) < 4.78 is 18.4. The molecule has 2 aromatic rings. The van der Waals surface area contributed by atoms with Crippen LogP contribution >= 0.6 is 0 Å². The van der Waals surface area contributed by atoms with Gasteiger partial charge in [-0.05, 0) is 30.3 Å². The SMILES string of the molecule is COc1cccnc1-c1ccc(F)c(C(=O)O)c1. The molecule has 0 saturated carbocycles. The highest BCUT2D eigenvalue weighted by atomic mass is 19.1. The number of hydrogen-bond acceptors (Lipinski definition) is 3. The number of carboxylic acid groups (broad SMARTS) is 1. The molecule has 0 saturated heterocycles. The standard InChI is InChI=1S/C13H10FNO3/c1-18-11-3-2-6-15-12(11)8-4-5-10(14)9(7-8)13(16)17/h2-7H,1H3,(H,16,17). The summed E-state index contributed by atoms with van der Waals surface area (Å²) >= 11 is 0. The van der Waals surface area contributed by atoms with Crippen molar-refractivity contribution in [2.24, 2.45) is 0 Å². The van der Waals surface area contributed by atoms with Gasteiger partial charge >= 0.3 is 5.97 Å². The van der Waals surface area contributed by atoms with Crippen LogP contribution in [0.1, 0.15) is 10.4 Å². The van der Waals surface area contributed by atoms with Gasteiger partial charge in [0.1, 0.15) is 17.3 Å². The highest BCUT2D eigenvalue weighted by Gasteiger charge is 2.14. The molecular formula is C13H10FNO3. The van der Waals surface area contributed by atoms with Gasteiger partial charge in [-0.15, -0.1) is 0 Å². The van der Waals surface area contributed by atoms with E-state index in [0.717, 1.165) is 6.07 Å². The van der Waals surface area contributed by atoms with E-state index in [0.29, 0.717) is 17.0 Å². The number of hydrogen-bond donors (Lipinski definition) is 1. The smallest absolute Gasteiger partial charge is 0.338 e. The highest BCUT2D eigenvalue weighted by molar-refractivity contribution is 5.89. The third-order valence-electron chi connectivity index (χ3n) is 2.46. The Hall–Kier alpha value is -2.43. The largest absolute Gasteiger partial charge is 0.494 e. The van der Waals surface area contributed by atoms with E-state index in [9.17, 15) is 9.18 Å². The molecule has 0 aliphatic heterocycles. The average molecular weight is 247 g/mol. The predicted molar refractivity (Wildman–Crippen MR) is 63.1 cm³/mol. The van der Waals surface area contributed by atoms with Crippen LogP contribution in [-0.4, -0.2) is 23.2 Å². The van der Waals surface area contributed by atoms with Crippen molar-refractivity contribution in [2.45, 2.75) is 0 Å². The fraction of sp³-hybridized carbons (Fsp3) is 0.0769. The summed E-state index contributed by atoms with van der Waals surface area (Å²) in [5.74, 6) is -1.59. The summed E-state index contributed by atoms with van der Waals surface area (Å²) in [6.07, 6.45) is 1.56. The number of nitrogens with zero attached hydrogens (tertiary/aromatic N) is 1. The zero-order valence-electron chi connectivity index (χ0n) is 9.55. The number of aromatic nitrogens is 1. The van der Waals surface area contributed by atoms with E-state index in [1.54, 1.807) is 18.3 Å². The van der Waals surface area contributed by atoms with Gasteiger partial charge in [-0.3, -0.25) is 4.98 Å². The minimum atomic E-state index is -1.32. The van der Waals surface area contributed by atoms with Crippen LogP contribution in [0.3, 0.4) is 0 Å². The Kier molecular flexibility index (Phi) is 3.23. The number of benzene rings is 1. The van der Waals surface area contributed by atoms with Gasteiger partial charge in [0.2, 0.25) is 0 Å². The Labute approximate surface area is 103 Å². The van der Waals surface area contributed by atoms with Crippen molar-refractivity contribution < 1.29 is 19.0 Å². The number of methoxy groups -OCH3 is 1. The highest BCUT2D eigenvalue weighted by Crippen LogP contribution is 2.28. The molecule has 1 N–H and O–H groups in total. The zero-order valence-corrected chi connectivity index (χ0v) is 9.55. The van der Waals surface area contributed by atoms with Gasteiger partial charge in [0, 0.05) is 11.8 Å². The molecule has 0 radical (unpaired) electrons. The van der Waals surface area contributed by atoms with Crippen LogP contribution in [0.4, 0.5) is 4.39 Å². The third kappa shape index (κ3) is 2.15. The number of halogens is 1. The normalized spacial score (nSPS) is 10.1. The third-order valence-corrected chi connectivity index (χ3v) is 2.46. The molecule has 0 unspecified atom stereocenters. The molecule has 0 aliphatic rings.